The summed E-state index contributed by atoms with van der Waals surface area (Å²) in [7, 11) is 0. The molecule has 0 radical (unpaired) electrons. The fourth-order valence-corrected chi connectivity index (χ4v) is 2.90. The van der Waals surface area contributed by atoms with Crippen LogP contribution in [0.4, 0.5) is 0 Å². The number of amides is 1. The van der Waals surface area contributed by atoms with Crippen molar-refractivity contribution >= 4 is 16.9 Å². The molecule has 1 N–H and O–H groups in total. The Labute approximate surface area is 155 Å². The topological polar surface area (TPSA) is 98.7 Å². The molecule has 0 bridgehead atoms. The standard InChI is InChI=1S/C19H18N6O2/c1-13(8-14-10-20-6-7-21-14)23-19(26)17-9-15(27-24-17)11-25-12-22-16-4-2-3-5-18(16)25/h2-7,9-10,12-13H,8,11H2,1H3,(H,23,26)/t13-/m1/s1. The molecule has 0 spiro atoms. The molecular weight excluding hydrogens is 344 g/mol. The highest BCUT2D eigenvalue weighted by molar-refractivity contribution is 5.92. The van der Waals surface area contributed by atoms with Crippen LogP contribution in [0.2, 0.25) is 0 Å². The van der Waals surface area contributed by atoms with Crippen molar-refractivity contribution < 1.29 is 9.32 Å². The zero-order valence-electron chi connectivity index (χ0n) is 14.7. The van der Waals surface area contributed by atoms with E-state index in [1.54, 1.807) is 31.0 Å². The first kappa shape index (κ1) is 16.9. The highest BCUT2D eigenvalue weighted by Gasteiger charge is 2.16. The SMILES string of the molecule is C[C@H](Cc1cnccn1)NC(=O)c1cc(Cn2cnc3ccccc32)on1. The summed E-state index contributed by atoms with van der Waals surface area (Å²) in [5.41, 5.74) is 2.98. The maximum atomic E-state index is 12.4. The van der Waals surface area contributed by atoms with E-state index in [-0.39, 0.29) is 17.6 Å². The second-order valence-electron chi connectivity index (χ2n) is 6.32. The van der Waals surface area contributed by atoms with Crippen molar-refractivity contribution in [2.75, 3.05) is 0 Å². The van der Waals surface area contributed by atoms with Gasteiger partial charge in [-0.1, -0.05) is 17.3 Å². The number of nitrogens with one attached hydrogen (secondary N) is 1. The third-order valence-corrected chi connectivity index (χ3v) is 4.15. The van der Waals surface area contributed by atoms with Gasteiger partial charge in [0.1, 0.15) is 0 Å². The molecule has 3 aromatic heterocycles. The number of aromatic nitrogens is 5. The number of nitrogens with zero attached hydrogens (tertiary/aromatic N) is 5. The van der Waals surface area contributed by atoms with Crippen molar-refractivity contribution in [1.82, 2.24) is 30.0 Å². The van der Waals surface area contributed by atoms with Crippen LogP contribution in [0.5, 0.6) is 0 Å². The lowest BCUT2D eigenvalue weighted by molar-refractivity contribution is 0.0930. The molecule has 0 aliphatic carbocycles. The predicted molar refractivity (Wildman–Crippen MR) is 98.0 cm³/mol. The summed E-state index contributed by atoms with van der Waals surface area (Å²) >= 11 is 0. The molecule has 1 amide bonds. The maximum absolute atomic E-state index is 12.4. The monoisotopic (exact) mass is 362 g/mol. The van der Waals surface area contributed by atoms with Gasteiger partial charge in [0, 0.05) is 37.1 Å². The molecule has 0 unspecified atom stereocenters. The number of rotatable bonds is 6. The zero-order chi connectivity index (χ0) is 18.6. The number of fused-ring (bicyclic) bond motifs is 1. The van der Waals surface area contributed by atoms with Crippen LogP contribution in [-0.4, -0.2) is 36.6 Å². The fraction of sp³-hybridized carbons (Fsp3) is 0.211. The molecule has 4 aromatic rings. The van der Waals surface area contributed by atoms with Crippen LogP contribution >= 0.6 is 0 Å². The van der Waals surface area contributed by atoms with Gasteiger partial charge in [-0.05, 0) is 19.1 Å². The van der Waals surface area contributed by atoms with Crippen molar-refractivity contribution in [1.29, 1.82) is 0 Å². The summed E-state index contributed by atoms with van der Waals surface area (Å²) in [4.78, 5) is 25.0. The largest absolute Gasteiger partial charge is 0.359 e. The van der Waals surface area contributed by atoms with Crippen LogP contribution < -0.4 is 5.32 Å². The average molecular weight is 362 g/mol. The highest BCUT2D eigenvalue weighted by Crippen LogP contribution is 2.14. The van der Waals surface area contributed by atoms with Gasteiger partial charge in [-0.15, -0.1) is 0 Å². The molecule has 8 nitrogen and oxygen atoms in total. The number of para-hydroxylation sites is 2. The van der Waals surface area contributed by atoms with Crippen molar-refractivity contribution in [3.63, 3.8) is 0 Å². The van der Waals surface area contributed by atoms with Gasteiger partial charge in [-0.3, -0.25) is 14.8 Å². The average Bonchev–Trinajstić information content (AvgIpc) is 3.30. The molecule has 3 heterocycles. The van der Waals surface area contributed by atoms with Gasteiger partial charge in [0.2, 0.25) is 0 Å². The number of hydrogen-bond acceptors (Lipinski definition) is 6. The maximum Gasteiger partial charge on any atom is 0.273 e. The molecule has 1 aromatic carbocycles. The van der Waals surface area contributed by atoms with Gasteiger partial charge < -0.3 is 14.4 Å². The normalized spacial score (nSPS) is 12.2. The van der Waals surface area contributed by atoms with E-state index in [9.17, 15) is 4.79 Å². The van der Waals surface area contributed by atoms with Crippen LogP contribution in [0.1, 0.15) is 28.9 Å². The van der Waals surface area contributed by atoms with Crippen LogP contribution in [0.15, 0.2) is 59.8 Å². The lowest BCUT2D eigenvalue weighted by atomic mass is 10.2. The van der Waals surface area contributed by atoms with E-state index < -0.39 is 0 Å². The Morgan fingerprint density at radius 2 is 2.15 bits per heavy atom. The Balaban J connectivity index is 1.40. The first-order valence-corrected chi connectivity index (χ1v) is 8.60. The molecule has 0 saturated heterocycles. The van der Waals surface area contributed by atoms with E-state index in [0.717, 1.165) is 16.7 Å². The van der Waals surface area contributed by atoms with Crippen molar-refractivity contribution in [2.24, 2.45) is 0 Å². The van der Waals surface area contributed by atoms with E-state index in [1.165, 1.54) is 0 Å². The molecule has 8 heteroatoms. The third-order valence-electron chi connectivity index (χ3n) is 4.15. The second-order valence-corrected chi connectivity index (χ2v) is 6.32. The molecule has 0 aliphatic rings. The molecule has 136 valence electrons. The first-order chi connectivity index (χ1) is 13.2. The smallest absolute Gasteiger partial charge is 0.273 e. The number of carbonyl (C=O) groups excluding carboxylic acids is 1. The van der Waals surface area contributed by atoms with Gasteiger partial charge in [-0.2, -0.15) is 0 Å². The molecule has 27 heavy (non-hydrogen) atoms. The van der Waals surface area contributed by atoms with Crippen molar-refractivity contribution in [3.05, 3.63) is 72.4 Å². The summed E-state index contributed by atoms with van der Waals surface area (Å²) in [5, 5.41) is 6.79. The molecular formula is C19H18N6O2. The number of imidazole rings is 1. The molecule has 0 saturated carbocycles. The second kappa shape index (κ2) is 7.36. The van der Waals surface area contributed by atoms with Crippen LogP contribution in [0.3, 0.4) is 0 Å². The van der Waals surface area contributed by atoms with Crippen LogP contribution in [-0.2, 0) is 13.0 Å². The zero-order valence-corrected chi connectivity index (χ0v) is 14.7. The third kappa shape index (κ3) is 3.84. The minimum atomic E-state index is -0.281. The van der Waals surface area contributed by atoms with Crippen molar-refractivity contribution in [3.8, 4) is 0 Å². The number of carbonyl (C=O) groups is 1. The summed E-state index contributed by atoms with van der Waals surface area (Å²) in [6, 6.07) is 9.38. The van der Waals surface area contributed by atoms with E-state index in [2.05, 4.69) is 25.4 Å². The Hall–Kier alpha value is -3.55. The Morgan fingerprint density at radius 1 is 1.26 bits per heavy atom. The lowest BCUT2D eigenvalue weighted by Crippen LogP contribution is -2.34. The van der Waals surface area contributed by atoms with E-state index in [4.69, 9.17) is 4.52 Å². The van der Waals surface area contributed by atoms with Crippen LogP contribution in [0.25, 0.3) is 11.0 Å². The molecule has 0 fully saturated rings. The fourth-order valence-electron chi connectivity index (χ4n) is 2.90. The predicted octanol–water partition coefficient (Wildman–Crippen LogP) is 2.22. The van der Waals surface area contributed by atoms with Crippen LogP contribution in [0, 0.1) is 0 Å². The Bertz CT molecular complexity index is 1060. The Morgan fingerprint density at radius 3 is 3.00 bits per heavy atom. The quantitative estimate of drug-likeness (QED) is 0.565. The minimum absolute atomic E-state index is 0.105. The molecule has 4 rings (SSSR count). The van der Waals surface area contributed by atoms with Gasteiger partial charge in [-0.25, -0.2) is 4.98 Å². The van der Waals surface area contributed by atoms with E-state index in [1.807, 2.05) is 35.8 Å². The molecule has 0 aliphatic heterocycles. The van der Waals surface area contributed by atoms with Gasteiger partial charge in [0.15, 0.2) is 11.5 Å². The lowest BCUT2D eigenvalue weighted by Gasteiger charge is -2.11. The molecule has 1 atom stereocenters. The minimum Gasteiger partial charge on any atom is -0.359 e. The van der Waals surface area contributed by atoms with Gasteiger partial charge in [0.05, 0.1) is 29.6 Å². The number of benzene rings is 1. The van der Waals surface area contributed by atoms with E-state index in [0.29, 0.717) is 18.7 Å². The van der Waals surface area contributed by atoms with E-state index >= 15 is 0 Å². The summed E-state index contributed by atoms with van der Waals surface area (Å²) in [6.45, 7) is 2.36. The van der Waals surface area contributed by atoms with Gasteiger partial charge >= 0.3 is 0 Å². The summed E-state index contributed by atoms with van der Waals surface area (Å²) < 4.78 is 7.28. The highest BCUT2D eigenvalue weighted by atomic mass is 16.5. The van der Waals surface area contributed by atoms with Gasteiger partial charge in [0.25, 0.3) is 5.91 Å². The number of hydrogen-bond donors (Lipinski definition) is 1. The first-order valence-electron chi connectivity index (χ1n) is 8.60. The summed E-state index contributed by atoms with van der Waals surface area (Å²) in [5.74, 6) is 0.307. The van der Waals surface area contributed by atoms with Crippen molar-refractivity contribution in [2.45, 2.75) is 25.9 Å². The summed E-state index contributed by atoms with van der Waals surface area (Å²) in [6.07, 6.45) is 7.27. The Kier molecular flexibility index (Phi) is 4.61.